The Morgan fingerprint density at radius 3 is 2.95 bits per heavy atom. The van der Waals surface area contributed by atoms with Gasteiger partial charge in [-0.15, -0.1) is 0 Å². The molecule has 0 aliphatic rings. The molecule has 0 atom stereocenters. The second kappa shape index (κ2) is 7.04. The first-order valence-electron chi connectivity index (χ1n) is 6.28. The van der Waals surface area contributed by atoms with Gasteiger partial charge in [-0.3, -0.25) is 14.9 Å². The van der Waals surface area contributed by atoms with Crippen LogP contribution in [0.1, 0.15) is 5.82 Å². The van der Waals surface area contributed by atoms with Gasteiger partial charge in [-0.05, 0) is 6.07 Å². The van der Waals surface area contributed by atoms with Crippen molar-refractivity contribution in [2.24, 2.45) is 0 Å². The Hall–Kier alpha value is -2.90. The van der Waals surface area contributed by atoms with Crippen LogP contribution in [0.3, 0.4) is 0 Å². The molecule has 1 heterocycles. The predicted molar refractivity (Wildman–Crippen MR) is 73.9 cm³/mol. The van der Waals surface area contributed by atoms with Crippen molar-refractivity contribution in [3.8, 4) is 5.75 Å². The lowest BCUT2D eigenvalue weighted by Gasteiger charge is -2.07. The predicted octanol–water partition coefficient (Wildman–Crippen LogP) is 1.06. The van der Waals surface area contributed by atoms with E-state index in [1.54, 1.807) is 18.5 Å². The van der Waals surface area contributed by atoms with Gasteiger partial charge in [0, 0.05) is 31.4 Å². The summed E-state index contributed by atoms with van der Waals surface area (Å²) in [5.41, 5.74) is -0.166. The summed E-state index contributed by atoms with van der Waals surface area (Å²) in [5.74, 6) is 0.498. The number of carbonyl (C=O) groups excluding carboxylic acids is 1. The van der Waals surface area contributed by atoms with Crippen molar-refractivity contribution in [1.29, 1.82) is 0 Å². The van der Waals surface area contributed by atoms with Gasteiger partial charge in [0.15, 0.2) is 12.4 Å². The second-order valence-corrected chi connectivity index (χ2v) is 4.15. The number of hydrogen-bond acceptors (Lipinski definition) is 5. The zero-order chi connectivity index (χ0) is 15.1. The Kier molecular flexibility index (Phi) is 4.86. The van der Waals surface area contributed by atoms with Gasteiger partial charge in [0.1, 0.15) is 5.82 Å². The zero-order valence-electron chi connectivity index (χ0n) is 11.1. The van der Waals surface area contributed by atoms with Crippen LogP contribution in [-0.4, -0.2) is 34.0 Å². The monoisotopic (exact) mass is 290 g/mol. The van der Waals surface area contributed by atoms with Gasteiger partial charge >= 0.3 is 5.69 Å². The Morgan fingerprint density at radius 2 is 2.24 bits per heavy atom. The number of aromatic nitrogens is 2. The average Bonchev–Trinajstić information content (AvgIpc) is 2.98. The minimum absolute atomic E-state index is 0.0729. The number of para-hydroxylation sites is 2. The van der Waals surface area contributed by atoms with Crippen LogP contribution in [0.25, 0.3) is 0 Å². The van der Waals surface area contributed by atoms with Gasteiger partial charge in [0.05, 0.1) is 4.92 Å². The first kappa shape index (κ1) is 14.5. The van der Waals surface area contributed by atoms with E-state index in [0.29, 0.717) is 13.0 Å². The van der Waals surface area contributed by atoms with E-state index in [-0.39, 0.29) is 24.0 Å². The molecule has 2 N–H and O–H groups in total. The second-order valence-electron chi connectivity index (χ2n) is 4.15. The van der Waals surface area contributed by atoms with Crippen LogP contribution in [0.5, 0.6) is 5.75 Å². The number of nitrogens with one attached hydrogen (secondary N) is 2. The summed E-state index contributed by atoms with van der Waals surface area (Å²) in [5, 5.41) is 13.4. The van der Waals surface area contributed by atoms with Crippen LogP contribution >= 0.6 is 0 Å². The molecular formula is C13H14N4O4. The van der Waals surface area contributed by atoms with Crippen LogP contribution in [-0.2, 0) is 11.2 Å². The van der Waals surface area contributed by atoms with Gasteiger partial charge in [-0.2, -0.15) is 0 Å². The van der Waals surface area contributed by atoms with Gasteiger partial charge < -0.3 is 15.0 Å². The van der Waals surface area contributed by atoms with Crippen molar-refractivity contribution in [1.82, 2.24) is 15.3 Å². The van der Waals surface area contributed by atoms with Gasteiger partial charge in [-0.25, -0.2) is 4.98 Å². The van der Waals surface area contributed by atoms with Crippen molar-refractivity contribution in [2.75, 3.05) is 13.2 Å². The van der Waals surface area contributed by atoms with Crippen molar-refractivity contribution in [3.63, 3.8) is 0 Å². The number of hydrogen-bond donors (Lipinski definition) is 2. The molecule has 0 saturated heterocycles. The quantitative estimate of drug-likeness (QED) is 0.585. The molecule has 21 heavy (non-hydrogen) atoms. The molecule has 1 aromatic heterocycles. The van der Waals surface area contributed by atoms with E-state index >= 15 is 0 Å². The number of nitro groups is 1. The first-order chi connectivity index (χ1) is 10.2. The van der Waals surface area contributed by atoms with Crippen molar-refractivity contribution in [3.05, 3.63) is 52.6 Å². The number of amides is 1. The smallest absolute Gasteiger partial charge is 0.310 e. The van der Waals surface area contributed by atoms with Crippen LogP contribution < -0.4 is 10.1 Å². The lowest BCUT2D eigenvalue weighted by Crippen LogP contribution is -2.30. The number of carbonyl (C=O) groups is 1. The molecule has 110 valence electrons. The summed E-state index contributed by atoms with van der Waals surface area (Å²) in [7, 11) is 0. The molecular weight excluding hydrogens is 276 g/mol. The highest BCUT2D eigenvalue weighted by molar-refractivity contribution is 5.77. The van der Waals surface area contributed by atoms with E-state index in [1.807, 2.05) is 0 Å². The normalized spacial score (nSPS) is 10.1. The van der Waals surface area contributed by atoms with E-state index in [4.69, 9.17) is 4.74 Å². The molecule has 2 aromatic rings. The van der Waals surface area contributed by atoms with Crippen LogP contribution in [0.2, 0.25) is 0 Å². The van der Waals surface area contributed by atoms with E-state index in [1.165, 1.54) is 18.2 Å². The third kappa shape index (κ3) is 4.30. The highest BCUT2D eigenvalue weighted by Crippen LogP contribution is 2.25. The number of ether oxygens (including phenoxy) is 1. The highest BCUT2D eigenvalue weighted by atomic mass is 16.6. The van der Waals surface area contributed by atoms with Crippen molar-refractivity contribution < 1.29 is 14.5 Å². The number of aromatic amines is 1. The maximum atomic E-state index is 11.6. The van der Waals surface area contributed by atoms with E-state index in [2.05, 4.69) is 15.3 Å². The number of nitro benzene ring substituents is 1. The Labute approximate surface area is 120 Å². The largest absolute Gasteiger partial charge is 0.477 e. The Morgan fingerprint density at radius 1 is 1.43 bits per heavy atom. The number of rotatable bonds is 7. The third-order valence-electron chi connectivity index (χ3n) is 2.66. The molecule has 0 bridgehead atoms. The van der Waals surface area contributed by atoms with E-state index in [0.717, 1.165) is 5.82 Å². The van der Waals surface area contributed by atoms with E-state index in [9.17, 15) is 14.9 Å². The lowest BCUT2D eigenvalue weighted by atomic mass is 10.3. The fourth-order valence-corrected chi connectivity index (χ4v) is 1.68. The standard InChI is InChI=1S/C13H14N4O4/c18-13(16-6-5-12-14-7-8-15-12)9-21-11-4-2-1-3-10(11)17(19)20/h1-4,7-8H,5-6,9H2,(H,14,15)(H,16,18). The number of imidazole rings is 1. The summed E-state index contributed by atoms with van der Waals surface area (Å²) in [6.45, 7) is 0.135. The number of benzene rings is 1. The van der Waals surface area contributed by atoms with Gasteiger partial charge in [-0.1, -0.05) is 12.1 Å². The summed E-state index contributed by atoms with van der Waals surface area (Å²) in [4.78, 5) is 28.8. The molecule has 8 heteroatoms. The Balaban J connectivity index is 1.77. The van der Waals surface area contributed by atoms with Crippen LogP contribution in [0, 0.1) is 10.1 Å². The SMILES string of the molecule is O=C(COc1ccccc1[N+](=O)[O-])NCCc1ncc[nH]1. The van der Waals surface area contributed by atoms with Gasteiger partial charge in [0.2, 0.25) is 0 Å². The topological polar surface area (TPSA) is 110 Å². The average molecular weight is 290 g/mol. The highest BCUT2D eigenvalue weighted by Gasteiger charge is 2.14. The number of nitrogens with zero attached hydrogens (tertiary/aromatic N) is 2. The molecule has 0 fully saturated rings. The molecule has 0 unspecified atom stereocenters. The molecule has 0 radical (unpaired) electrons. The molecule has 1 amide bonds. The fourth-order valence-electron chi connectivity index (χ4n) is 1.68. The molecule has 2 rings (SSSR count). The summed E-state index contributed by atoms with van der Waals surface area (Å²) in [6.07, 6.45) is 3.91. The summed E-state index contributed by atoms with van der Waals surface area (Å²) >= 11 is 0. The Bertz CT molecular complexity index is 612. The zero-order valence-corrected chi connectivity index (χ0v) is 11.1. The molecule has 8 nitrogen and oxygen atoms in total. The summed E-state index contributed by atoms with van der Waals surface area (Å²) < 4.78 is 5.17. The fraction of sp³-hybridized carbons (Fsp3) is 0.231. The molecule has 0 saturated carbocycles. The van der Waals surface area contributed by atoms with E-state index < -0.39 is 4.92 Å². The van der Waals surface area contributed by atoms with Crippen molar-refractivity contribution in [2.45, 2.75) is 6.42 Å². The molecule has 0 aliphatic carbocycles. The maximum Gasteiger partial charge on any atom is 0.310 e. The lowest BCUT2D eigenvalue weighted by molar-refractivity contribution is -0.385. The molecule has 0 spiro atoms. The third-order valence-corrected chi connectivity index (χ3v) is 2.66. The molecule has 0 aliphatic heterocycles. The maximum absolute atomic E-state index is 11.6. The minimum Gasteiger partial charge on any atom is -0.477 e. The van der Waals surface area contributed by atoms with Crippen LogP contribution in [0.4, 0.5) is 5.69 Å². The number of H-pyrrole nitrogens is 1. The van der Waals surface area contributed by atoms with Gasteiger partial charge in [0.25, 0.3) is 5.91 Å². The minimum atomic E-state index is -0.551. The first-order valence-corrected chi connectivity index (χ1v) is 6.28. The van der Waals surface area contributed by atoms with Crippen molar-refractivity contribution >= 4 is 11.6 Å². The summed E-state index contributed by atoms with van der Waals surface area (Å²) in [6, 6.07) is 5.92. The molecule has 1 aromatic carbocycles. The van der Waals surface area contributed by atoms with Crippen LogP contribution in [0.15, 0.2) is 36.7 Å².